The third-order valence-corrected chi connectivity index (χ3v) is 2.67. The van der Waals surface area contributed by atoms with Crippen molar-refractivity contribution in [3.8, 4) is 0 Å². The van der Waals surface area contributed by atoms with E-state index >= 15 is 0 Å². The summed E-state index contributed by atoms with van der Waals surface area (Å²) in [4.78, 5) is 11.4. The lowest BCUT2D eigenvalue weighted by Gasteiger charge is -2.20. The fourth-order valence-corrected chi connectivity index (χ4v) is 1.84. The minimum Gasteiger partial charge on any atom is -0.354 e. The van der Waals surface area contributed by atoms with Gasteiger partial charge in [0.05, 0.1) is 0 Å². The van der Waals surface area contributed by atoms with Crippen LogP contribution >= 0.6 is 0 Å². The van der Waals surface area contributed by atoms with E-state index in [0.29, 0.717) is 12.2 Å². The molecule has 3 N–H and O–H groups in total. The second-order valence-corrected chi connectivity index (χ2v) is 6.25. The van der Waals surface area contributed by atoms with Gasteiger partial charge in [-0.1, -0.05) is 0 Å². The van der Waals surface area contributed by atoms with Gasteiger partial charge in [-0.05, 0) is 27.2 Å². The summed E-state index contributed by atoms with van der Waals surface area (Å²) in [5.41, 5.74) is 5.25. The Morgan fingerprint density at radius 2 is 2.07 bits per heavy atom. The van der Waals surface area contributed by atoms with Crippen molar-refractivity contribution in [1.82, 2.24) is 5.32 Å². The summed E-state index contributed by atoms with van der Waals surface area (Å²) >= 11 is 0. The molecule has 0 saturated heterocycles. The molecule has 0 spiro atoms. The molecule has 0 aromatic rings. The van der Waals surface area contributed by atoms with Gasteiger partial charge in [0, 0.05) is 40.8 Å². The fourth-order valence-electron chi connectivity index (χ4n) is 1.15. The number of nitrogens with one attached hydrogen (secondary N) is 1. The third kappa shape index (κ3) is 9.87. The molecule has 1 amide bonds. The summed E-state index contributed by atoms with van der Waals surface area (Å²) in [6.45, 7) is 5.55. The maximum Gasteiger partial charge on any atom is 0.222 e. The smallest absolute Gasteiger partial charge is 0.222 e. The van der Waals surface area contributed by atoms with Crippen LogP contribution in [0.1, 0.15) is 33.6 Å². The number of nitrogens with two attached hydrogens (primary N) is 1. The molecule has 4 nitrogen and oxygen atoms in total. The molecule has 0 fully saturated rings. The van der Waals surface area contributed by atoms with E-state index in [1.807, 2.05) is 20.8 Å². The molecular weight excluding hydrogens is 212 g/mol. The molecule has 0 radical (unpaired) electrons. The zero-order valence-corrected chi connectivity index (χ0v) is 10.8. The number of hydrogen-bond acceptors (Lipinski definition) is 3. The highest BCUT2D eigenvalue weighted by atomic mass is 32.2. The number of carbonyl (C=O) groups excluding carboxylic acids is 1. The third-order valence-electron chi connectivity index (χ3n) is 1.86. The van der Waals surface area contributed by atoms with Crippen molar-refractivity contribution in [2.75, 3.05) is 12.0 Å². The molecule has 2 atom stereocenters. The SMILES string of the molecule is CC(CCS(C)=O)NC(=O)CC(C)(C)N. The summed E-state index contributed by atoms with van der Waals surface area (Å²) in [7, 11) is -0.796. The molecule has 15 heavy (non-hydrogen) atoms. The van der Waals surface area contributed by atoms with E-state index in [4.69, 9.17) is 5.73 Å². The first-order valence-corrected chi connectivity index (χ1v) is 6.81. The highest BCUT2D eigenvalue weighted by Gasteiger charge is 2.17. The highest BCUT2D eigenvalue weighted by molar-refractivity contribution is 7.84. The second kappa shape index (κ2) is 6.23. The predicted molar refractivity (Wildman–Crippen MR) is 64.0 cm³/mol. The normalized spacial score (nSPS) is 15.8. The highest BCUT2D eigenvalue weighted by Crippen LogP contribution is 2.03. The molecule has 2 unspecified atom stereocenters. The minimum atomic E-state index is -0.796. The van der Waals surface area contributed by atoms with Crippen molar-refractivity contribution in [2.24, 2.45) is 5.73 Å². The summed E-state index contributed by atoms with van der Waals surface area (Å²) in [5.74, 6) is 0.574. The molecule has 0 heterocycles. The number of amides is 1. The average molecular weight is 234 g/mol. The Bertz CT molecular complexity index is 236. The van der Waals surface area contributed by atoms with Gasteiger partial charge < -0.3 is 11.1 Å². The van der Waals surface area contributed by atoms with Gasteiger partial charge in [0.25, 0.3) is 0 Å². The number of hydrogen-bond donors (Lipinski definition) is 2. The van der Waals surface area contributed by atoms with Gasteiger partial charge in [0.2, 0.25) is 5.91 Å². The van der Waals surface area contributed by atoms with Gasteiger partial charge in [-0.2, -0.15) is 0 Å². The van der Waals surface area contributed by atoms with Crippen LogP contribution in [0.25, 0.3) is 0 Å². The van der Waals surface area contributed by atoms with Crippen LogP contribution in [-0.4, -0.2) is 33.7 Å². The van der Waals surface area contributed by atoms with Gasteiger partial charge in [-0.3, -0.25) is 9.00 Å². The molecule has 0 aliphatic rings. The van der Waals surface area contributed by atoms with Crippen molar-refractivity contribution < 1.29 is 9.00 Å². The summed E-state index contributed by atoms with van der Waals surface area (Å²) < 4.78 is 10.8. The lowest BCUT2D eigenvalue weighted by atomic mass is 10.0. The van der Waals surface area contributed by atoms with Crippen LogP contribution < -0.4 is 11.1 Å². The molecule has 0 aliphatic carbocycles. The van der Waals surface area contributed by atoms with Crippen LogP contribution in [0.2, 0.25) is 0 Å². The van der Waals surface area contributed by atoms with Gasteiger partial charge in [0.15, 0.2) is 0 Å². The van der Waals surface area contributed by atoms with Gasteiger partial charge in [-0.25, -0.2) is 0 Å². The summed E-state index contributed by atoms with van der Waals surface area (Å²) in [6.07, 6.45) is 2.71. The van der Waals surface area contributed by atoms with E-state index < -0.39 is 16.3 Å². The molecule has 5 heteroatoms. The second-order valence-electron chi connectivity index (χ2n) is 4.70. The molecule has 0 bridgehead atoms. The van der Waals surface area contributed by atoms with E-state index in [9.17, 15) is 9.00 Å². The quantitative estimate of drug-likeness (QED) is 0.698. The fraction of sp³-hybridized carbons (Fsp3) is 0.900. The standard InChI is InChI=1S/C10H22N2O2S/c1-8(5-6-15(4)14)12-9(13)7-10(2,3)11/h8H,5-7,11H2,1-4H3,(H,12,13). The Morgan fingerprint density at radius 1 is 1.53 bits per heavy atom. The first-order chi connectivity index (χ1) is 6.70. The molecule has 90 valence electrons. The largest absolute Gasteiger partial charge is 0.354 e. The monoisotopic (exact) mass is 234 g/mol. The summed E-state index contributed by atoms with van der Waals surface area (Å²) in [5, 5.41) is 2.84. The van der Waals surface area contributed by atoms with E-state index in [1.54, 1.807) is 6.26 Å². The maximum absolute atomic E-state index is 11.4. The summed E-state index contributed by atoms with van der Waals surface area (Å²) in [6, 6.07) is 0.0590. The van der Waals surface area contributed by atoms with Gasteiger partial charge in [0.1, 0.15) is 0 Å². The Hall–Kier alpha value is -0.420. The molecule has 0 aliphatic heterocycles. The van der Waals surface area contributed by atoms with Crippen LogP contribution in [0.4, 0.5) is 0 Å². The topological polar surface area (TPSA) is 72.2 Å². The average Bonchev–Trinajstić information content (AvgIpc) is 1.96. The Kier molecular flexibility index (Phi) is 6.05. The number of rotatable bonds is 6. The zero-order chi connectivity index (χ0) is 12.1. The lowest BCUT2D eigenvalue weighted by Crippen LogP contribution is -2.42. The Morgan fingerprint density at radius 3 is 2.47 bits per heavy atom. The Balaban J connectivity index is 3.81. The predicted octanol–water partition coefficient (Wildman–Crippen LogP) is 0.387. The van der Waals surface area contributed by atoms with Crippen molar-refractivity contribution in [2.45, 2.75) is 45.2 Å². The number of carbonyl (C=O) groups is 1. The van der Waals surface area contributed by atoms with Crippen LogP contribution in [0.3, 0.4) is 0 Å². The Labute approximate surface area is 94.4 Å². The van der Waals surface area contributed by atoms with E-state index in [0.717, 1.165) is 6.42 Å². The van der Waals surface area contributed by atoms with E-state index in [2.05, 4.69) is 5.32 Å². The van der Waals surface area contributed by atoms with Crippen molar-refractivity contribution in [1.29, 1.82) is 0 Å². The minimum absolute atomic E-state index is 0.0446. The van der Waals surface area contributed by atoms with Crippen LogP contribution in [0.15, 0.2) is 0 Å². The zero-order valence-electron chi connectivity index (χ0n) is 10.0. The van der Waals surface area contributed by atoms with Crippen LogP contribution in [-0.2, 0) is 15.6 Å². The van der Waals surface area contributed by atoms with Crippen LogP contribution in [0.5, 0.6) is 0 Å². The molecule has 0 aromatic carbocycles. The van der Waals surface area contributed by atoms with Gasteiger partial charge in [-0.15, -0.1) is 0 Å². The van der Waals surface area contributed by atoms with E-state index in [1.165, 1.54) is 0 Å². The first-order valence-electron chi connectivity index (χ1n) is 5.09. The van der Waals surface area contributed by atoms with Crippen molar-refractivity contribution in [3.05, 3.63) is 0 Å². The van der Waals surface area contributed by atoms with E-state index in [-0.39, 0.29) is 11.9 Å². The lowest BCUT2D eigenvalue weighted by molar-refractivity contribution is -0.122. The first kappa shape index (κ1) is 14.6. The molecule has 0 saturated carbocycles. The molecular formula is C10H22N2O2S. The molecule has 0 rings (SSSR count). The van der Waals surface area contributed by atoms with Crippen LogP contribution in [0, 0.1) is 0 Å². The van der Waals surface area contributed by atoms with Crippen molar-refractivity contribution in [3.63, 3.8) is 0 Å². The van der Waals surface area contributed by atoms with Gasteiger partial charge >= 0.3 is 0 Å². The molecule has 0 aromatic heterocycles. The van der Waals surface area contributed by atoms with Crippen molar-refractivity contribution >= 4 is 16.7 Å². The maximum atomic E-state index is 11.4.